The Morgan fingerprint density at radius 2 is 1.46 bits per heavy atom. The first-order valence-electron chi connectivity index (χ1n) is 9.48. The van der Waals surface area contributed by atoms with E-state index < -0.39 is 0 Å². The minimum Gasteiger partial charge on any atom is -0.310 e. The first-order chi connectivity index (χ1) is 13.9. The molecule has 2 heterocycles. The van der Waals surface area contributed by atoms with E-state index in [0.29, 0.717) is 5.56 Å². The van der Waals surface area contributed by atoms with Crippen LogP contribution >= 0.6 is 0 Å². The van der Waals surface area contributed by atoms with Crippen LogP contribution in [0.3, 0.4) is 0 Å². The molecule has 0 saturated heterocycles. The summed E-state index contributed by atoms with van der Waals surface area (Å²) in [6.45, 7) is 0.116. The summed E-state index contributed by atoms with van der Waals surface area (Å²) in [4.78, 5) is 0. The van der Waals surface area contributed by atoms with Gasteiger partial charge in [0.15, 0.2) is 0 Å². The van der Waals surface area contributed by atoms with Crippen molar-refractivity contribution in [3.8, 4) is 11.8 Å². The Morgan fingerprint density at radius 1 is 0.714 bits per heavy atom. The number of hydrogen-bond donors (Lipinski definition) is 0. The zero-order valence-corrected chi connectivity index (χ0v) is 15.1. The summed E-state index contributed by atoms with van der Waals surface area (Å²) < 4.78 is 2.37. The Labute approximate surface area is 163 Å². The van der Waals surface area contributed by atoms with E-state index in [4.69, 9.17) is 0 Å². The summed E-state index contributed by atoms with van der Waals surface area (Å²) >= 11 is 0. The Hall–Kier alpha value is -3.77. The smallest absolute Gasteiger partial charge is 0.246 e. The normalized spacial score (nSPS) is 12.2. The van der Waals surface area contributed by atoms with Gasteiger partial charge >= 0.3 is 0 Å². The molecule has 0 N–H and O–H groups in total. The van der Waals surface area contributed by atoms with E-state index in [9.17, 15) is 5.26 Å². The van der Waals surface area contributed by atoms with Gasteiger partial charge in [0.2, 0.25) is 6.71 Å². The molecule has 0 radical (unpaired) electrons. The fourth-order valence-electron chi connectivity index (χ4n) is 4.77. The molecule has 0 aliphatic carbocycles. The lowest BCUT2D eigenvalue weighted by Gasteiger charge is -2.27. The second-order valence-electron chi connectivity index (χ2n) is 7.33. The molecule has 5 aromatic rings. The number of aromatic nitrogens is 1. The third-order valence-electron chi connectivity index (χ3n) is 5.86. The molecule has 0 bridgehead atoms. The summed E-state index contributed by atoms with van der Waals surface area (Å²) in [5, 5.41) is 12.1. The van der Waals surface area contributed by atoms with Crippen molar-refractivity contribution < 1.29 is 0 Å². The van der Waals surface area contributed by atoms with Gasteiger partial charge in [-0.3, -0.25) is 0 Å². The van der Waals surface area contributed by atoms with Crippen LogP contribution in [0, 0.1) is 11.3 Å². The van der Waals surface area contributed by atoms with E-state index in [-0.39, 0.29) is 6.71 Å². The monoisotopic (exact) mass is 354 g/mol. The van der Waals surface area contributed by atoms with Crippen LogP contribution in [0.1, 0.15) is 5.56 Å². The van der Waals surface area contributed by atoms with Crippen LogP contribution < -0.4 is 16.4 Å². The highest BCUT2D eigenvalue weighted by molar-refractivity contribution is 6.98. The summed E-state index contributed by atoms with van der Waals surface area (Å²) in [5.74, 6) is 0. The molecule has 6 rings (SSSR count). The molecule has 0 fully saturated rings. The first kappa shape index (κ1) is 15.3. The summed E-state index contributed by atoms with van der Waals surface area (Å²) in [7, 11) is 0. The minimum absolute atomic E-state index is 0.116. The van der Waals surface area contributed by atoms with E-state index in [1.807, 2.05) is 6.07 Å². The van der Waals surface area contributed by atoms with Gasteiger partial charge in [-0.05, 0) is 35.2 Å². The average molecular weight is 354 g/mol. The van der Waals surface area contributed by atoms with E-state index in [0.717, 1.165) is 5.39 Å². The maximum absolute atomic E-state index is 9.71. The average Bonchev–Trinajstić information content (AvgIpc) is 3.10. The van der Waals surface area contributed by atoms with Crippen molar-refractivity contribution in [2.75, 3.05) is 0 Å². The molecule has 1 aliphatic heterocycles. The summed E-state index contributed by atoms with van der Waals surface area (Å²) in [5.41, 5.74) is 8.07. The molecule has 0 spiro atoms. The topological polar surface area (TPSA) is 28.7 Å². The van der Waals surface area contributed by atoms with Crippen LogP contribution in [0.4, 0.5) is 0 Å². The lowest BCUT2D eigenvalue weighted by molar-refractivity contribution is 1.19. The Balaban J connectivity index is 1.87. The van der Waals surface area contributed by atoms with Crippen molar-refractivity contribution in [3.05, 3.63) is 96.6 Å². The predicted octanol–water partition coefficient (Wildman–Crippen LogP) is 3.48. The van der Waals surface area contributed by atoms with Crippen molar-refractivity contribution in [1.82, 2.24) is 4.57 Å². The van der Waals surface area contributed by atoms with E-state index in [1.165, 1.54) is 38.5 Å². The van der Waals surface area contributed by atoms with E-state index in [2.05, 4.69) is 95.6 Å². The molecule has 3 heteroatoms. The highest BCUT2D eigenvalue weighted by Gasteiger charge is 2.33. The number of rotatable bonds is 1. The number of para-hydroxylation sites is 2. The SMILES string of the molecule is N#Cc1cc2c3c(c1)c1ccccc1n3-c1ccccc1B2c1ccccc1. The number of nitrogens with zero attached hydrogens (tertiary/aromatic N) is 2. The fraction of sp³-hybridized carbons (Fsp3) is 0. The predicted molar refractivity (Wildman–Crippen MR) is 117 cm³/mol. The van der Waals surface area contributed by atoms with Gasteiger partial charge in [-0.2, -0.15) is 5.26 Å². The largest absolute Gasteiger partial charge is 0.310 e. The molecular formula is C25H15BN2. The fourth-order valence-corrected chi connectivity index (χ4v) is 4.77. The second kappa shape index (κ2) is 5.61. The lowest BCUT2D eigenvalue weighted by Crippen LogP contribution is -2.56. The maximum atomic E-state index is 9.71. The van der Waals surface area contributed by atoms with Crippen molar-refractivity contribution in [2.45, 2.75) is 0 Å². The zero-order chi connectivity index (χ0) is 18.7. The van der Waals surface area contributed by atoms with Gasteiger partial charge in [0.05, 0.1) is 17.1 Å². The van der Waals surface area contributed by atoms with Gasteiger partial charge in [0.1, 0.15) is 0 Å². The second-order valence-corrected chi connectivity index (χ2v) is 7.33. The number of fused-ring (bicyclic) bond motifs is 5. The molecule has 28 heavy (non-hydrogen) atoms. The van der Waals surface area contributed by atoms with Gasteiger partial charge in [-0.25, -0.2) is 0 Å². The molecule has 128 valence electrons. The highest BCUT2D eigenvalue weighted by atomic mass is 15.0. The van der Waals surface area contributed by atoms with Crippen LogP contribution in [0.2, 0.25) is 0 Å². The highest BCUT2D eigenvalue weighted by Crippen LogP contribution is 2.33. The molecule has 0 amide bonds. The Bertz CT molecular complexity index is 1420. The van der Waals surface area contributed by atoms with Crippen LogP contribution in [0.25, 0.3) is 27.5 Å². The Kier molecular flexibility index (Phi) is 3.07. The molecular weight excluding hydrogens is 339 g/mol. The van der Waals surface area contributed by atoms with Crippen LogP contribution in [-0.4, -0.2) is 11.3 Å². The summed E-state index contributed by atoms with van der Waals surface area (Å²) in [6, 6.07) is 34.2. The number of nitriles is 1. The van der Waals surface area contributed by atoms with Crippen molar-refractivity contribution >= 4 is 44.9 Å². The van der Waals surface area contributed by atoms with E-state index >= 15 is 0 Å². The number of hydrogen-bond acceptors (Lipinski definition) is 1. The zero-order valence-electron chi connectivity index (χ0n) is 15.1. The van der Waals surface area contributed by atoms with Crippen molar-refractivity contribution in [3.63, 3.8) is 0 Å². The molecule has 0 atom stereocenters. The van der Waals surface area contributed by atoms with E-state index in [1.54, 1.807) is 0 Å². The quantitative estimate of drug-likeness (QED) is 0.416. The van der Waals surface area contributed by atoms with Crippen molar-refractivity contribution in [2.24, 2.45) is 0 Å². The molecule has 1 aromatic heterocycles. The third-order valence-corrected chi connectivity index (χ3v) is 5.86. The summed E-state index contributed by atoms with van der Waals surface area (Å²) in [6.07, 6.45) is 0. The Morgan fingerprint density at radius 3 is 2.32 bits per heavy atom. The molecule has 0 unspecified atom stereocenters. The van der Waals surface area contributed by atoms with Crippen LogP contribution in [-0.2, 0) is 0 Å². The number of benzene rings is 4. The van der Waals surface area contributed by atoms with Gasteiger partial charge < -0.3 is 4.57 Å². The van der Waals surface area contributed by atoms with Gasteiger partial charge in [-0.1, -0.05) is 72.2 Å². The maximum Gasteiger partial charge on any atom is 0.246 e. The third kappa shape index (κ3) is 1.92. The molecule has 4 aromatic carbocycles. The van der Waals surface area contributed by atoms with Gasteiger partial charge in [0, 0.05) is 22.0 Å². The minimum atomic E-state index is 0.116. The first-order valence-corrected chi connectivity index (χ1v) is 9.48. The lowest BCUT2D eigenvalue weighted by atomic mass is 9.35. The van der Waals surface area contributed by atoms with Gasteiger partial charge in [-0.15, -0.1) is 0 Å². The standard InChI is InChI=1S/C25H15BN2/c27-16-17-14-20-19-10-4-6-12-23(19)28-24-13-7-5-11-21(24)26(22(15-17)25(20)28)18-8-2-1-3-9-18/h1-15H. The van der Waals surface area contributed by atoms with Gasteiger partial charge in [0.25, 0.3) is 0 Å². The molecule has 0 saturated carbocycles. The van der Waals surface area contributed by atoms with Crippen molar-refractivity contribution in [1.29, 1.82) is 5.26 Å². The molecule has 1 aliphatic rings. The van der Waals surface area contributed by atoms with Crippen LogP contribution in [0.15, 0.2) is 91.0 Å². The van der Waals surface area contributed by atoms with Crippen LogP contribution in [0.5, 0.6) is 0 Å². The molecule has 2 nitrogen and oxygen atoms in total.